The molecule has 0 aliphatic rings. The lowest BCUT2D eigenvalue weighted by Gasteiger charge is -2.03. The SMILES string of the molecule is CC(CN)c1ccc(C(=O)c2ccccc2)s1. The van der Waals surface area contributed by atoms with Crippen molar-refractivity contribution in [3.63, 3.8) is 0 Å². The van der Waals surface area contributed by atoms with Gasteiger partial charge in [0.15, 0.2) is 0 Å². The number of nitrogens with two attached hydrogens (primary N) is 1. The maximum absolute atomic E-state index is 12.1. The average molecular weight is 245 g/mol. The topological polar surface area (TPSA) is 43.1 Å². The predicted molar refractivity (Wildman–Crippen MR) is 71.7 cm³/mol. The number of carbonyl (C=O) groups is 1. The van der Waals surface area contributed by atoms with E-state index >= 15 is 0 Å². The number of benzene rings is 1. The van der Waals surface area contributed by atoms with E-state index < -0.39 is 0 Å². The molecule has 0 saturated heterocycles. The van der Waals surface area contributed by atoms with E-state index in [4.69, 9.17) is 5.73 Å². The van der Waals surface area contributed by atoms with E-state index in [1.54, 1.807) is 0 Å². The molecule has 0 saturated carbocycles. The lowest BCUT2D eigenvalue weighted by molar-refractivity contribution is 0.104. The molecule has 0 fully saturated rings. The van der Waals surface area contributed by atoms with Crippen LogP contribution < -0.4 is 5.73 Å². The molecule has 17 heavy (non-hydrogen) atoms. The quantitative estimate of drug-likeness (QED) is 0.841. The van der Waals surface area contributed by atoms with Gasteiger partial charge >= 0.3 is 0 Å². The molecule has 1 atom stereocenters. The maximum atomic E-state index is 12.1. The van der Waals surface area contributed by atoms with Gasteiger partial charge in [-0.1, -0.05) is 37.3 Å². The van der Waals surface area contributed by atoms with Crippen molar-refractivity contribution in [2.45, 2.75) is 12.8 Å². The van der Waals surface area contributed by atoms with E-state index in [2.05, 4.69) is 6.92 Å². The van der Waals surface area contributed by atoms with Crippen LogP contribution in [0.1, 0.15) is 33.0 Å². The van der Waals surface area contributed by atoms with Gasteiger partial charge in [-0.15, -0.1) is 11.3 Å². The molecule has 0 radical (unpaired) electrons. The molecule has 1 heterocycles. The lowest BCUT2D eigenvalue weighted by atomic mass is 10.1. The molecular weight excluding hydrogens is 230 g/mol. The van der Waals surface area contributed by atoms with Crippen LogP contribution in [0.5, 0.6) is 0 Å². The fraction of sp³-hybridized carbons (Fsp3) is 0.214. The summed E-state index contributed by atoms with van der Waals surface area (Å²) < 4.78 is 0. The summed E-state index contributed by atoms with van der Waals surface area (Å²) >= 11 is 1.54. The standard InChI is InChI=1S/C14H15NOS/c1-10(9-15)12-7-8-13(17-12)14(16)11-5-3-2-4-6-11/h2-8,10H,9,15H2,1H3. The summed E-state index contributed by atoms with van der Waals surface area (Å²) in [6.07, 6.45) is 0. The summed E-state index contributed by atoms with van der Waals surface area (Å²) in [5.74, 6) is 0.406. The van der Waals surface area contributed by atoms with Crippen LogP contribution in [0.25, 0.3) is 0 Å². The molecule has 88 valence electrons. The highest BCUT2D eigenvalue weighted by molar-refractivity contribution is 7.14. The Kier molecular flexibility index (Phi) is 3.71. The second kappa shape index (κ2) is 5.25. The van der Waals surface area contributed by atoms with Gasteiger partial charge in [0, 0.05) is 16.4 Å². The normalized spacial score (nSPS) is 12.4. The molecule has 0 amide bonds. The van der Waals surface area contributed by atoms with Crippen LogP contribution in [0.15, 0.2) is 42.5 Å². The number of thiophene rings is 1. The molecule has 2 rings (SSSR count). The number of hydrogen-bond donors (Lipinski definition) is 1. The second-order valence-electron chi connectivity index (χ2n) is 4.03. The number of ketones is 1. The van der Waals surface area contributed by atoms with Gasteiger partial charge < -0.3 is 5.73 Å². The smallest absolute Gasteiger partial charge is 0.202 e. The first-order chi connectivity index (χ1) is 8.22. The average Bonchev–Trinajstić information content (AvgIpc) is 2.87. The van der Waals surface area contributed by atoms with Crippen LogP contribution in [0, 0.1) is 0 Å². The Morgan fingerprint density at radius 1 is 1.24 bits per heavy atom. The third-order valence-electron chi connectivity index (χ3n) is 2.73. The Morgan fingerprint density at radius 2 is 1.94 bits per heavy atom. The Labute approximate surface area is 105 Å². The van der Waals surface area contributed by atoms with Crippen molar-refractivity contribution in [2.75, 3.05) is 6.54 Å². The molecule has 0 aliphatic heterocycles. The van der Waals surface area contributed by atoms with E-state index in [-0.39, 0.29) is 5.78 Å². The minimum absolute atomic E-state index is 0.0890. The van der Waals surface area contributed by atoms with Crippen molar-refractivity contribution in [1.29, 1.82) is 0 Å². The van der Waals surface area contributed by atoms with Crippen molar-refractivity contribution in [2.24, 2.45) is 5.73 Å². The molecule has 2 nitrogen and oxygen atoms in total. The Bertz CT molecular complexity index is 504. The summed E-state index contributed by atoms with van der Waals surface area (Å²) in [6, 6.07) is 13.2. The number of rotatable bonds is 4. The summed E-state index contributed by atoms with van der Waals surface area (Å²) in [6.45, 7) is 2.68. The monoisotopic (exact) mass is 245 g/mol. The number of carbonyl (C=O) groups excluding carboxylic acids is 1. The molecule has 3 heteroatoms. The van der Waals surface area contributed by atoms with Crippen LogP contribution >= 0.6 is 11.3 Å². The van der Waals surface area contributed by atoms with Crippen LogP contribution in [-0.4, -0.2) is 12.3 Å². The Morgan fingerprint density at radius 3 is 2.59 bits per heavy atom. The van der Waals surface area contributed by atoms with Gasteiger partial charge in [0.25, 0.3) is 0 Å². The second-order valence-corrected chi connectivity index (χ2v) is 5.15. The largest absolute Gasteiger partial charge is 0.330 e. The van der Waals surface area contributed by atoms with Gasteiger partial charge in [0.1, 0.15) is 0 Å². The zero-order valence-electron chi connectivity index (χ0n) is 9.72. The van der Waals surface area contributed by atoms with Crippen molar-refractivity contribution < 1.29 is 4.79 Å². The zero-order valence-corrected chi connectivity index (χ0v) is 10.5. The molecule has 1 unspecified atom stereocenters. The van der Waals surface area contributed by atoms with Gasteiger partial charge in [-0.25, -0.2) is 0 Å². The summed E-state index contributed by atoms with van der Waals surface area (Å²) in [7, 11) is 0. The molecule has 1 aromatic carbocycles. The van der Waals surface area contributed by atoms with Crippen molar-refractivity contribution >= 4 is 17.1 Å². The predicted octanol–water partition coefficient (Wildman–Crippen LogP) is 3.04. The molecule has 2 N–H and O–H groups in total. The van der Waals surface area contributed by atoms with E-state index in [9.17, 15) is 4.79 Å². The van der Waals surface area contributed by atoms with Crippen molar-refractivity contribution in [3.8, 4) is 0 Å². The van der Waals surface area contributed by atoms with Crippen LogP contribution in [-0.2, 0) is 0 Å². The van der Waals surface area contributed by atoms with Gasteiger partial charge in [-0.05, 0) is 18.7 Å². The highest BCUT2D eigenvalue weighted by Gasteiger charge is 2.13. The first-order valence-corrected chi connectivity index (χ1v) is 6.43. The molecule has 2 aromatic rings. The first kappa shape index (κ1) is 12.0. The number of hydrogen-bond acceptors (Lipinski definition) is 3. The van der Waals surface area contributed by atoms with Crippen LogP contribution in [0.3, 0.4) is 0 Å². The highest BCUT2D eigenvalue weighted by atomic mass is 32.1. The summed E-state index contributed by atoms with van der Waals surface area (Å²) in [5, 5.41) is 0. The van der Waals surface area contributed by atoms with E-state index in [1.165, 1.54) is 16.2 Å². The molecule has 0 spiro atoms. The van der Waals surface area contributed by atoms with Crippen molar-refractivity contribution in [1.82, 2.24) is 0 Å². The minimum atomic E-state index is 0.0890. The molecular formula is C14H15NOS. The lowest BCUT2D eigenvalue weighted by Crippen LogP contribution is -2.07. The van der Waals surface area contributed by atoms with Crippen molar-refractivity contribution in [3.05, 3.63) is 57.8 Å². The third kappa shape index (κ3) is 2.62. The Hall–Kier alpha value is -1.45. The van der Waals surface area contributed by atoms with Crippen LogP contribution in [0.4, 0.5) is 0 Å². The summed E-state index contributed by atoms with van der Waals surface area (Å²) in [5.41, 5.74) is 6.36. The van der Waals surface area contributed by atoms with Gasteiger partial charge in [0.2, 0.25) is 5.78 Å². The fourth-order valence-corrected chi connectivity index (χ4v) is 2.62. The first-order valence-electron chi connectivity index (χ1n) is 5.62. The maximum Gasteiger partial charge on any atom is 0.202 e. The van der Waals surface area contributed by atoms with E-state index in [0.29, 0.717) is 12.5 Å². The van der Waals surface area contributed by atoms with Gasteiger partial charge in [-0.3, -0.25) is 4.79 Å². The highest BCUT2D eigenvalue weighted by Crippen LogP contribution is 2.25. The summed E-state index contributed by atoms with van der Waals surface area (Å²) in [4.78, 5) is 14.1. The fourth-order valence-electron chi connectivity index (χ4n) is 1.59. The molecule has 1 aromatic heterocycles. The van der Waals surface area contributed by atoms with Crippen LogP contribution in [0.2, 0.25) is 0 Å². The zero-order chi connectivity index (χ0) is 12.3. The van der Waals surface area contributed by atoms with Gasteiger partial charge in [-0.2, -0.15) is 0 Å². The van der Waals surface area contributed by atoms with E-state index in [0.717, 1.165) is 10.4 Å². The minimum Gasteiger partial charge on any atom is -0.330 e. The third-order valence-corrected chi connectivity index (χ3v) is 4.04. The van der Waals surface area contributed by atoms with E-state index in [1.807, 2.05) is 42.5 Å². The Balaban J connectivity index is 2.24. The molecule has 0 aliphatic carbocycles. The van der Waals surface area contributed by atoms with Gasteiger partial charge in [0.05, 0.1) is 4.88 Å². The molecule has 0 bridgehead atoms.